The minimum atomic E-state index is -0.0641. The maximum absolute atomic E-state index is 12.5. The summed E-state index contributed by atoms with van der Waals surface area (Å²) in [4.78, 5) is 30.9. The Morgan fingerprint density at radius 3 is 2.57 bits per heavy atom. The number of hydrogen-bond acceptors (Lipinski definition) is 4. The van der Waals surface area contributed by atoms with Crippen LogP contribution in [0.25, 0.3) is 0 Å². The number of carbonyl (C=O) groups is 2. The van der Waals surface area contributed by atoms with Gasteiger partial charge in [0.15, 0.2) is 0 Å². The molecule has 154 valence electrons. The van der Waals surface area contributed by atoms with Gasteiger partial charge in [0.2, 0.25) is 5.91 Å². The number of hydrogen-bond donors (Lipinski definition) is 1. The standard InChI is InChI=1S/C21H32N4O3/c1-3-22-21(27)25-13-14-28-19-7-5-17(15-18(19)16-25)6-8-20(26)24-11-9-23(4-2)10-12-24/h5,7,15H,3-4,6,8-14,16H2,1-2H3,(H,22,27). The molecule has 0 saturated carbocycles. The van der Waals surface area contributed by atoms with E-state index in [0.717, 1.165) is 49.6 Å². The number of rotatable bonds is 5. The highest BCUT2D eigenvalue weighted by Gasteiger charge is 2.21. The van der Waals surface area contributed by atoms with Crippen LogP contribution in [0.2, 0.25) is 0 Å². The average molecular weight is 389 g/mol. The van der Waals surface area contributed by atoms with Crippen molar-refractivity contribution < 1.29 is 14.3 Å². The highest BCUT2D eigenvalue weighted by molar-refractivity contribution is 5.76. The van der Waals surface area contributed by atoms with Gasteiger partial charge in [-0.2, -0.15) is 0 Å². The van der Waals surface area contributed by atoms with Gasteiger partial charge in [0.25, 0.3) is 0 Å². The van der Waals surface area contributed by atoms with Crippen molar-refractivity contribution in [2.45, 2.75) is 33.2 Å². The van der Waals surface area contributed by atoms with E-state index in [9.17, 15) is 9.59 Å². The molecule has 0 aliphatic carbocycles. The van der Waals surface area contributed by atoms with E-state index in [1.807, 2.05) is 24.0 Å². The van der Waals surface area contributed by atoms with E-state index in [0.29, 0.717) is 39.1 Å². The fraction of sp³-hybridized carbons (Fsp3) is 0.619. The highest BCUT2D eigenvalue weighted by Crippen LogP contribution is 2.25. The summed E-state index contributed by atoms with van der Waals surface area (Å²) in [7, 11) is 0. The molecule has 1 aromatic rings. The van der Waals surface area contributed by atoms with Crippen molar-refractivity contribution in [3.05, 3.63) is 29.3 Å². The molecule has 3 amide bonds. The highest BCUT2D eigenvalue weighted by atomic mass is 16.5. The van der Waals surface area contributed by atoms with Crippen molar-refractivity contribution in [3.63, 3.8) is 0 Å². The summed E-state index contributed by atoms with van der Waals surface area (Å²) in [5, 5.41) is 2.85. The third kappa shape index (κ3) is 5.16. The lowest BCUT2D eigenvalue weighted by Crippen LogP contribution is -2.48. The number of urea groups is 1. The molecule has 0 aromatic heterocycles. The first-order valence-electron chi connectivity index (χ1n) is 10.4. The maximum Gasteiger partial charge on any atom is 0.317 e. The van der Waals surface area contributed by atoms with Crippen LogP contribution >= 0.6 is 0 Å². The lowest BCUT2D eigenvalue weighted by Gasteiger charge is -2.34. The molecule has 2 aliphatic heterocycles. The number of benzene rings is 1. The molecule has 7 heteroatoms. The molecule has 7 nitrogen and oxygen atoms in total. The summed E-state index contributed by atoms with van der Waals surface area (Å²) in [6.07, 6.45) is 1.23. The first-order valence-corrected chi connectivity index (χ1v) is 10.4. The molecular weight excluding hydrogens is 356 g/mol. The molecule has 1 fully saturated rings. The summed E-state index contributed by atoms with van der Waals surface area (Å²) in [6, 6.07) is 6.01. The van der Waals surface area contributed by atoms with Gasteiger partial charge in [0.1, 0.15) is 12.4 Å². The number of nitrogens with one attached hydrogen (secondary N) is 1. The second kappa shape index (κ2) is 9.78. The van der Waals surface area contributed by atoms with Crippen LogP contribution in [-0.2, 0) is 17.8 Å². The fourth-order valence-corrected chi connectivity index (χ4v) is 3.76. The van der Waals surface area contributed by atoms with Gasteiger partial charge < -0.3 is 24.8 Å². The molecule has 0 spiro atoms. The average Bonchev–Trinajstić information content (AvgIpc) is 2.94. The van der Waals surface area contributed by atoms with Crippen LogP contribution in [0.3, 0.4) is 0 Å². The zero-order valence-corrected chi connectivity index (χ0v) is 17.1. The minimum Gasteiger partial charge on any atom is -0.491 e. The predicted molar refractivity (Wildman–Crippen MR) is 108 cm³/mol. The van der Waals surface area contributed by atoms with E-state index in [1.54, 1.807) is 4.90 Å². The Morgan fingerprint density at radius 2 is 1.86 bits per heavy atom. The molecule has 28 heavy (non-hydrogen) atoms. The number of amides is 3. The summed E-state index contributed by atoms with van der Waals surface area (Å²) in [5.74, 6) is 1.06. The number of piperazine rings is 1. The lowest BCUT2D eigenvalue weighted by molar-refractivity contribution is -0.132. The molecule has 0 atom stereocenters. The van der Waals surface area contributed by atoms with Gasteiger partial charge in [-0.3, -0.25) is 4.79 Å². The van der Waals surface area contributed by atoms with Gasteiger partial charge in [-0.15, -0.1) is 0 Å². The Hall–Kier alpha value is -2.28. The molecule has 2 heterocycles. The molecule has 2 aliphatic rings. The first kappa shape index (κ1) is 20.5. The topological polar surface area (TPSA) is 65.1 Å². The summed E-state index contributed by atoms with van der Waals surface area (Å²) in [6.45, 7) is 10.9. The van der Waals surface area contributed by atoms with E-state index in [-0.39, 0.29) is 11.9 Å². The smallest absolute Gasteiger partial charge is 0.317 e. The van der Waals surface area contributed by atoms with Crippen molar-refractivity contribution in [1.82, 2.24) is 20.0 Å². The Bertz CT molecular complexity index is 686. The second-order valence-electron chi connectivity index (χ2n) is 7.36. The van der Waals surface area contributed by atoms with Crippen LogP contribution in [0, 0.1) is 0 Å². The summed E-state index contributed by atoms with van der Waals surface area (Å²) in [5.41, 5.74) is 2.12. The van der Waals surface area contributed by atoms with Gasteiger partial charge >= 0.3 is 6.03 Å². The molecule has 0 radical (unpaired) electrons. The Kier molecular flexibility index (Phi) is 7.14. The summed E-state index contributed by atoms with van der Waals surface area (Å²) >= 11 is 0. The van der Waals surface area contributed by atoms with Crippen LogP contribution in [0.15, 0.2) is 18.2 Å². The molecular formula is C21H32N4O3. The van der Waals surface area contributed by atoms with Crippen LogP contribution in [-0.4, -0.2) is 79.1 Å². The van der Waals surface area contributed by atoms with Gasteiger partial charge in [0.05, 0.1) is 13.1 Å². The van der Waals surface area contributed by atoms with Gasteiger partial charge in [-0.1, -0.05) is 19.1 Å². The van der Waals surface area contributed by atoms with Crippen LogP contribution in [0.4, 0.5) is 4.79 Å². The van der Waals surface area contributed by atoms with Crippen molar-refractivity contribution in [2.24, 2.45) is 0 Å². The molecule has 3 rings (SSSR count). The van der Waals surface area contributed by atoms with Gasteiger partial charge in [-0.05, 0) is 31.5 Å². The van der Waals surface area contributed by atoms with Crippen molar-refractivity contribution in [3.8, 4) is 5.75 Å². The van der Waals surface area contributed by atoms with E-state index in [1.165, 1.54) is 0 Å². The SMILES string of the molecule is CCNC(=O)N1CCOc2ccc(CCC(=O)N3CCN(CC)CC3)cc2C1. The van der Waals surface area contributed by atoms with Crippen molar-refractivity contribution >= 4 is 11.9 Å². The predicted octanol–water partition coefficient (Wildman–Crippen LogP) is 1.71. The lowest BCUT2D eigenvalue weighted by atomic mass is 10.0. The molecule has 0 unspecified atom stereocenters. The first-order chi connectivity index (χ1) is 13.6. The molecule has 1 N–H and O–H groups in total. The van der Waals surface area contributed by atoms with E-state index in [2.05, 4.69) is 23.2 Å². The molecule has 0 bridgehead atoms. The van der Waals surface area contributed by atoms with Crippen molar-refractivity contribution in [2.75, 3.05) is 52.4 Å². The number of carbonyl (C=O) groups excluding carboxylic acids is 2. The Morgan fingerprint density at radius 1 is 1.07 bits per heavy atom. The molecule has 1 saturated heterocycles. The number of likely N-dealkylation sites (N-methyl/N-ethyl adjacent to an activating group) is 1. The normalized spacial score (nSPS) is 17.5. The summed E-state index contributed by atoms with van der Waals surface area (Å²) < 4.78 is 5.80. The second-order valence-corrected chi connectivity index (χ2v) is 7.36. The van der Waals surface area contributed by atoms with Gasteiger partial charge in [0, 0.05) is 44.7 Å². The Labute approximate surface area is 167 Å². The number of fused-ring (bicyclic) bond motifs is 1. The van der Waals surface area contributed by atoms with E-state index >= 15 is 0 Å². The van der Waals surface area contributed by atoms with Crippen LogP contribution < -0.4 is 10.1 Å². The minimum absolute atomic E-state index is 0.0641. The van der Waals surface area contributed by atoms with E-state index < -0.39 is 0 Å². The van der Waals surface area contributed by atoms with Crippen LogP contribution in [0.1, 0.15) is 31.4 Å². The molecule has 1 aromatic carbocycles. The van der Waals surface area contributed by atoms with Crippen LogP contribution in [0.5, 0.6) is 5.75 Å². The third-order valence-electron chi connectivity index (χ3n) is 5.52. The zero-order valence-electron chi connectivity index (χ0n) is 17.1. The van der Waals surface area contributed by atoms with Gasteiger partial charge in [-0.25, -0.2) is 4.79 Å². The quantitative estimate of drug-likeness (QED) is 0.834. The third-order valence-corrected chi connectivity index (χ3v) is 5.52. The largest absolute Gasteiger partial charge is 0.491 e. The number of nitrogens with zero attached hydrogens (tertiary/aromatic N) is 3. The number of ether oxygens (including phenoxy) is 1. The fourth-order valence-electron chi connectivity index (χ4n) is 3.76. The Balaban J connectivity index is 1.57. The maximum atomic E-state index is 12.5. The van der Waals surface area contributed by atoms with Crippen molar-refractivity contribution in [1.29, 1.82) is 0 Å². The number of aryl methyl sites for hydroxylation is 1. The monoisotopic (exact) mass is 388 g/mol. The van der Waals surface area contributed by atoms with E-state index in [4.69, 9.17) is 4.74 Å². The zero-order chi connectivity index (χ0) is 19.9.